The SMILES string of the molecule is CC(C(=O)Nc1cc2cnn(CC3CC3)c2cn1)N1CCC(F)(F)[C@@H](c2ccc(=O)[nH]c2)C1. The molecule has 1 aliphatic carbocycles. The van der Waals surface area contributed by atoms with E-state index in [-0.39, 0.29) is 31.0 Å². The first kappa shape index (κ1) is 21.7. The lowest BCUT2D eigenvalue weighted by molar-refractivity contribution is -0.125. The number of hydrogen-bond donors (Lipinski definition) is 2. The Morgan fingerprint density at radius 2 is 2.15 bits per heavy atom. The average Bonchev–Trinajstić information content (AvgIpc) is 3.53. The number of nitrogens with zero attached hydrogens (tertiary/aromatic N) is 4. The third-order valence-corrected chi connectivity index (χ3v) is 6.70. The summed E-state index contributed by atoms with van der Waals surface area (Å²) in [5, 5.41) is 8.13. The minimum absolute atomic E-state index is 0.00797. The number of hydrogen-bond acceptors (Lipinski definition) is 5. The molecule has 174 valence electrons. The molecule has 1 unspecified atom stereocenters. The van der Waals surface area contributed by atoms with Gasteiger partial charge in [0.25, 0.3) is 5.92 Å². The largest absolute Gasteiger partial charge is 0.329 e. The van der Waals surface area contributed by atoms with Crippen LogP contribution in [-0.2, 0) is 11.3 Å². The van der Waals surface area contributed by atoms with E-state index >= 15 is 0 Å². The van der Waals surface area contributed by atoms with E-state index in [4.69, 9.17) is 0 Å². The van der Waals surface area contributed by atoms with Crippen LogP contribution in [0.1, 0.15) is 37.7 Å². The van der Waals surface area contributed by atoms with Crippen LogP contribution in [0.4, 0.5) is 14.6 Å². The highest BCUT2D eigenvalue weighted by atomic mass is 19.3. The summed E-state index contributed by atoms with van der Waals surface area (Å²) in [5.74, 6) is -3.24. The molecular formula is C23H26F2N6O2. The van der Waals surface area contributed by atoms with Gasteiger partial charge in [0.1, 0.15) is 5.82 Å². The first-order valence-corrected chi connectivity index (χ1v) is 11.2. The number of amides is 1. The van der Waals surface area contributed by atoms with Crippen LogP contribution in [0, 0.1) is 5.92 Å². The van der Waals surface area contributed by atoms with E-state index in [2.05, 4.69) is 20.4 Å². The maximum atomic E-state index is 14.6. The molecule has 0 spiro atoms. The Bertz CT molecular complexity index is 1210. The number of carbonyl (C=O) groups is 1. The number of halogens is 2. The summed E-state index contributed by atoms with van der Waals surface area (Å²) in [6.07, 6.45) is 6.90. The number of carbonyl (C=O) groups excluding carboxylic acids is 1. The smallest absolute Gasteiger partial charge is 0.257 e. The number of alkyl halides is 2. The van der Waals surface area contributed by atoms with E-state index in [0.29, 0.717) is 17.3 Å². The molecule has 8 nitrogen and oxygen atoms in total. The molecular weight excluding hydrogens is 430 g/mol. The highest BCUT2D eigenvalue weighted by molar-refractivity contribution is 5.95. The summed E-state index contributed by atoms with van der Waals surface area (Å²) in [6, 6.07) is 3.83. The fourth-order valence-corrected chi connectivity index (χ4v) is 4.40. The fourth-order valence-electron chi connectivity index (χ4n) is 4.40. The lowest BCUT2D eigenvalue weighted by Crippen LogP contribution is -2.52. The molecule has 3 aromatic rings. The second kappa shape index (κ2) is 8.33. The minimum Gasteiger partial charge on any atom is -0.329 e. The molecule has 5 rings (SSSR count). The van der Waals surface area contributed by atoms with Crippen molar-refractivity contribution in [2.75, 3.05) is 18.4 Å². The summed E-state index contributed by atoms with van der Waals surface area (Å²) in [4.78, 5) is 32.8. The van der Waals surface area contributed by atoms with Crippen LogP contribution < -0.4 is 10.9 Å². The molecule has 1 aliphatic heterocycles. The molecule has 2 atom stereocenters. The molecule has 2 fully saturated rings. The van der Waals surface area contributed by atoms with E-state index in [0.717, 1.165) is 17.4 Å². The Hall–Kier alpha value is -3.14. The number of aromatic amines is 1. The van der Waals surface area contributed by atoms with Gasteiger partial charge in [-0.25, -0.2) is 13.8 Å². The van der Waals surface area contributed by atoms with Crippen molar-refractivity contribution in [3.05, 3.63) is 52.7 Å². The van der Waals surface area contributed by atoms with Crippen LogP contribution >= 0.6 is 0 Å². The van der Waals surface area contributed by atoms with Gasteiger partial charge in [0, 0.05) is 43.7 Å². The van der Waals surface area contributed by atoms with Gasteiger partial charge in [-0.05, 0) is 37.3 Å². The van der Waals surface area contributed by atoms with Crippen molar-refractivity contribution in [2.24, 2.45) is 5.92 Å². The number of anilines is 1. The van der Waals surface area contributed by atoms with Crippen molar-refractivity contribution in [3.8, 4) is 0 Å². The molecule has 3 aromatic heterocycles. The average molecular weight is 456 g/mol. The molecule has 0 bridgehead atoms. The van der Waals surface area contributed by atoms with Gasteiger partial charge in [-0.1, -0.05) is 6.07 Å². The van der Waals surface area contributed by atoms with Crippen LogP contribution in [0.25, 0.3) is 10.9 Å². The lowest BCUT2D eigenvalue weighted by Gasteiger charge is -2.40. The Balaban J connectivity index is 1.27. The van der Waals surface area contributed by atoms with E-state index in [1.807, 2.05) is 4.68 Å². The van der Waals surface area contributed by atoms with Crippen LogP contribution in [-0.4, -0.2) is 55.6 Å². The van der Waals surface area contributed by atoms with Crippen molar-refractivity contribution in [1.29, 1.82) is 0 Å². The molecule has 0 radical (unpaired) electrons. The van der Waals surface area contributed by atoms with E-state index < -0.39 is 17.9 Å². The van der Waals surface area contributed by atoms with Gasteiger partial charge >= 0.3 is 0 Å². The van der Waals surface area contributed by atoms with Gasteiger partial charge in [0.05, 0.1) is 29.9 Å². The number of nitrogens with one attached hydrogen (secondary N) is 2. The van der Waals surface area contributed by atoms with Gasteiger partial charge in [-0.15, -0.1) is 0 Å². The highest BCUT2D eigenvalue weighted by Gasteiger charge is 2.46. The number of likely N-dealkylation sites (tertiary alicyclic amines) is 1. The standard InChI is InChI=1S/C23H26F2N6O2/c1-14(30-7-6-23(24,25)18(13-30)16-4-5-21(32)27-9-16)22(33)29-20-8-17-10-28-31(12-15-2-3-15)19(17)11-26-20/h4-5,8-11,14-15,18H,2-3,6-7,12-13H2,1H3,(H,27,32)(H,26,29,33)/t14?,18-/m1/s1. The molecule has 1 saturated heterocycles. The number of piperidine rings is 1. The second-order valence-electron chi connectivity index (χ2n) is 9.11. The molecule has 33 heavy (non-hydrogen) atoms. The maximum Gasteiger partial charge on any atom is 0.257 e. The molecule has 10 heteroatoms. The van der Waals surface area contributed by atoms with Crippen molar-refractivity contribution in [3.63, 3.8) is 0 Å². The zero-order valence-electron chi connectivity index (χ0n) is 18.3. The number of fused-ring (bicyclic) bond motifs is 1. The number of pyridine rings is 2. The second-order valence-corrected chi connectivity index (χ2v) is 9.11. The Labute approximate surface area is 189 Å². The zero-order chi connectivity index (χ0) is 23.2. The van der Waals surface area contributed by atoms with E-state index in [1.54, 1.807) is 30.3 Å². The molecule has 1 saturated carbocycles. The summed E-state index contributed by atoms with van der Waals surface area (Å²) >= 11 is 0. The predicted octanol–water partition coefficient (Wildman–Crippen LogP) is 2.98. The van der Waals surface area contributed by atoms with Crippen molar-refractivity contribution < 1.29 is 13.6 Å². The van der Waals surface area contributed by atoms with Crippen LogP contribution in [0.5, 0.6) is 0 Å². The molecule has 1 amide bonds. The minimum atomic E-state index is -2.92. The van der Waals surface area contributed by atoms with E-state index in [1.165, 1.54) is 31.2 Å². The topological polar surface area (TPSA) is 95.9 Å². The van der Waals surface area contributed by atoms with Gasteiger partial charge in [-0.3, -0.25) is 19.2 Å². The summed E-state index contributed by atoms with van der Waals surface area (Å²) in [6.45, 7) is 2.69. The first-order valence-electron chi connectivity index (χ1n) is 11.2. The van der Waals surface area contributed by atoms with Crippen molar-refractivity contribution in [1.82, 2.24) is 24.6 Å². The van der Waals surface area contributed by atoms with Crippen LogP contribution in [0.2, 0.25) is 0 Å². The Kier molecular flexibility index (Phi) is 5.48. The molecule has 2 N–H and O–H groups in total. The van der Waals surface area contributed by atoms with Gasteiger partial charge in [-0.2, -0.15) is 5.10 Å². The Morgan fingerprint density at radius 3 is 2.88 bits per heavy atom. The fraction of sp³-hybridized carbons (Fsp3) is 0.478. The summed E-state index contributed by atoms with van der Waals surface area (Å²) in [5.41, 5.74) is 0.937. The van der Waals surface area contributed by atoms with Crippen molar-refractivity contribution in [2.45, 2.75) is 50.6 Å². The normalized spacial score (nSPS) is 21.7. The Morgan fingerprint density at radius 1 is 1.33 bits per heavy atom. The number of H-pyrrole nitrogens is 1. The number of rotatable bonds is 6. The highest BCUT2D eigenvalue weighted by Crippen LogP contribution is 2.40. The predicted molar refractivity (Wildman–Crippen MR) is 119 cm³/mol. The quantitative estimate of drug-likeness (QED) is 0.595. The van der Waals surface area contributed by atoms with Crippen molar-refractivity contribution >= 4 is 22.6 Å². The van der Waals surface area contributed by atoms with Gasteiger partial charge in [0.2, 0.25) is 11.5 Å². The number of aromatic nitrogens is 4. The first-order chi connectivity index (χ1) is 15.8. The summed E-state index contributed by atoms with van der Waals surface area (Å²) in [7, 11) is 0. The third-order valence-electron chi connectivity index (χ3n) is 6.70. The molecule has 4 heterocycles. The lowest BCUT2D eigenvalue weighted by atomic mass is 9.87. The zero-order valence-corrected chi connectivity index (χ0v) is 18.3. The van der Waals surface area contributed by atoms with Crippen LogP contribution in [0.3, 0.4) is 0 Å². The summed E-state index contributed by atoms with van der Waals surface area (Å²) < 4.78 is 31.2. The molecule has 2 aliphatic rings. The maximum absolute atomic E-state index is 14.6. The molecule has 0 aromatic carbocycles. The van der Waals surface area contributed by atoms with Gasteiger partial charge < -0.3 is 10.3 Å². The third kappa shape index (κ3) is 4.52. The van der Waals surface area contributed by atoms with Gasteiger partial charge in [0.15, 0.2) is 0 Å². The van der Waals surface area contributed by atoms with Crippen LogP contribution in [0.15, 0.2) is 41.6 Å². The monoisotopic (exact) mass is 456 g/mol. The van der Waals surface area contributed by atoms with E-state index in [9.17, 15) is 18.4 Å².